The zero-order valence-electron chi connectivity index (χ0n) is 23.4. The number of rotatable bonds is 13. The number of likely N-dealkylation sites (tertiary alicyclic amines) is 1. The molecule has 1 saturated heterocycles. The van der Waals surface area contributed by atoms with Gasteiger partial charge in [-0.2, -0.15) is 0 Å². The molecule has 40 heavy (non-hydrogen) atoms. The van der Waals surface area contributed by atoms with E-state index in [0.717, 1.165) is 30.5 Å². The number of carbonyl (C=O) groups excluding carboxylic acids is 1. The van der Waals surface area contributed by atoms with Gasteiger partial charge in [0, 0.05) is 18.5 Å². The van der Waals surface area contributed by atoms with Gasteiger partial charge >= 0.3 is 5.97 Å². The molecule has 220 valence electrons. The fourth-order valence-electron chi connectivity index (χ4n) is 5.01. The van der Waals surface area contributed by atoms with Crippen LogP contribution in [0.25, 0.3) is 0 Å². The van der Waals surface area contributed by atoms with Gasteiger partial charge in [-0.15, -0.1) is 0 Å². The number of alkyl halides is 2. The fraction of sp³-hybridized carbons (Fsp3) is 0.581. The minimum absolute atomic E-state index is 0.0598. The van der Waals surface area contributed by atoms with Gasteiger partial charge in [-0.3, -0.25) is 4.79 Å². The van der Waals surface area contributed by atoms with Gasteiger partial charge < -0.3 is 15.7 Å². The summed E-state index contributed by atoms with van der Waals surface area (Å²) in [6, 6.07) is 7.59. The molecule has 2 aliphatic rings. The number of nitrogens with two attached hydrogens (primary N) is 1. The topological polar surface area (TPSA) is 96.5 Å². The van der Waals surface area contributed by atoms with Crippen LogP contribution in [0.3, 0.4) is 0 Å². The summed E-state index contributed by atoms with van der Waals surface area (Å²) in [5.41, 5.74) is 7.74. The zero-order valence-corrected chi connectivity index (χ0v) is 23.4. The van der Waals surface area contributed by atoms with Gasteiger partial charge in [0.1, 0.15) is 17.6 Å². The molecule has 2 aromatic rings. The highest BCUT2D eigenvalue weighted by Gasteiger charge is 2.50. The number of nitrogens with zero attached hydrogens (tertiary/aromatic N) is 2. The molecule has 1 amide bonds. The second-order valence-electron chi connectivity index (χ2n) is 10.9. The van der Waals surface area contributed by atoms with Crippen LogP contribution in [-0.4, -0.2) is 51.9 Å². The van der Waals surface area contributed by atoms with Crippen molar-refractivity contribution in [3.63, 3.8) is 0 Å². The number of carboxylic acid groups (broad SMARTS) is 1. The first-order valence-electron chi connectivity index (χ1n) is 14.5. The first kappa shape index (κ1) is 31.6. The third-order valence-electron chi connectivity index (χ3n) is 7.40. The number of benzene rings is 1. The number of amides is 1. The lowest BCUT2D eigenvalue weighted by Crippen LogP contribution is -2.41. The number of carbonyl (C=O) groups is 2. The Hall–Kier alpha value is -2.94. The molecular formula is C31H42F3N3O3. The summed E-state index contributed by atoms with van der Waals surface area (Å²) >= 11 is 0. The zero-order chi connectivity index (χ0) is 29.1. The lowest BCUT2D eigenvalue weighted by molar-refractivity contribution is -0.141. The van der Waals surface area contributed by atoms with E-state index < -0.39 is 36.8 Å². The highest BCUT2D eigenvalue weighted by molar-refractivity contribution is 5.95. The molecule has 1 atom stereocenters. The maximum absolute atomic E-state index is 13.8. The van der Waals surface area contributed by atoms with Crippen LogP contribution in [0.2, 0.25) is 0 Å². The molecule has 2 heterocycles. The van der Waals surface area contributed by atoms with Crippen LogP contribution in [0, 0.1) is 5.82 Å². The molecule has 1 aliphatic heterocycles. The number of pyridine rings is 1. The van der Waals surface area contributed by atoms with Crippen LogP contribution in [0.5, 0.6) is 0 Å². The van der Waals surface area contributed by atoms with Gasteiger partial charge in [0.2, 0.25) is 0 Å². The van der Waals surface area contributed by atoms with Crippen molar-refractivity contribution in [1.82, 2.24) is 9.88 Å². The Labute approximate surface area is 235 Å². The number of carboxylic acids is 1. The van der Waals surface area contributed by atoms with Crippen LogP contribution in [-0.2, 0) is 11.2 Å². The number of aromatic nitrogens is 1. The van der Waals surface area contributed by atoms with Crippen molar-refractivity contribution in [2.75, 3.05) is 13.1 Å². The quantitative estimate of drug-likeness (QED) is 0.265. The van der Waals surface area contributed by atoms with Crippen LogP contribution < -0.4 is 5.73 Å². The third-order valence-corrected chi connectivity index (χ3v) is 7.40. The van der Waals surface area contributed by atoms with Gasteiger partial charge in [-0.1, -0.05) is 70.1 Å². The monoisotopic (exact) mass is 561 g/mol. The Kier molecular flexibility index (Phi) is 12.0. The van der Waals surface area contributed by atoms with Gasteiger partial charge in [0.15, 0.2) is 0 Å². The number of hydrogen-bond acceptors (Lipinski definition) is 4. The van der Waals surface area contributed by atoms with E-state index in [1.165, 1.54) is 69.6 Å². The molecule has 1 aromatic carbocycles. The molecule has 9 heteroatoms. The highest BCUT2D eigenvalue weighted by atomic mass is 19.3. The molecule has 1 aromatic heterocycles. The molecule has 1 saturated carbocycles. The predicted octanol–water partition coefficient (Wildman–Crippen LogP) is 6.71. The van der Waals surface area contributed by atoms with Crippen LogP contribution >= 0.6 is 0 Å². The molecule has 0 bridgehead atoms. The minimum Gasteiger partial charge on any atom is -0.480 e. The standard InChI is InChI=1S/C21H19F3N2O3.C10H23N/c22-14-5-1-12(2-6-14)9-17-15(13-3-4-13)7-8-16(25-17)19(27)26-11-21(23,24)10-18(26)20(28)29;1-2-3-4-5-6-7-8-9-10-11/h1-2,5-8,13,18H,3-4,9-11H2,(H,28,29);2-11H2,1H3/t18-;/m0./s1. The van der Waals surface area contributed by atoms with Gasteiger partial charge in [0.05, 0.1) is 6.54 Å². The SMILES string of the molecule is CCCCCCCCCCN.O=C(O)[C@@H]1CC(F)(F)CN1C(=O)c1ccc(C2CC2)c(Cc2ccc(F)cc2)n1. The molecule has 3 N–H and O–H groups in total. The molecule has 1 aliphatic carbocycles. The Morgan fingerprint density at radius 1 is 1.00 bits per heavy atom. The summed E-state index contributed by atoms with van der Waals surface area (Å²) in [4.78, 5) is 29.3. The van der Waals surface area contributed by atoms with E-state index in [4.69, 9.17) is 5.73 Å². The van der Waals surface area contributed by atoms with Crippen molar-refractivity contribution in [1.29, 1.82) is 0 Å². The summed E-state index contributed by atoms with van der Waals surface area (Å²) in [5, 5.41) is 9.23. The average molecular weight is 562 g/mol. The minimum atomic E-state index is -3.25. The molecule has 0 unspecified atom stereocenters. The van der Waals surface area contributed by atoms with E-state index in [2.05, 4.69) is 11.9 Å². The van der Waals surface area contributed by atoms with Crippen LogP contribution in [0.4, 0.5) is 13.2 Å². The number of aliphatic carboxylic acids is 1. The summed E-state index contributed by atoms with van der Waals surface area (Å²) in [7, 11) is 0. The Bertz CT molecular complexity index is 1100. The number of halogens is 3. The molecule has 2 fully saturated rings. The smallest absolute Gasteiger partial charge is 0.326 e. The molecule has 4 rings (SSSR count). The first-order valence-corrected chi connectivity index (χ1v) is 14.5. The third kappa shape index (κ3) is 9.61. The van der Waals surface area contributed by atoms with E-state index in [-0.39, 0.29) is 11.5 Å². The van der Waals surface area contributed by atoms with Gasteiger partial charge in [-0.25, -0.2) is 22.9 Å². The van der Waals surface area contributed by atoms with Crippen molar-refractivity contribution in [3.8, 4) is 0 Å². The van der Waals surface area contributed by atoms with E-state index >= 15 is 0 Å². The number of hydrogen-bond donors (Lipinski definition) is 2. The second kappa shape index (κ2) is 15.2. The largest absolute Gasteiger partial charge is 0.480 e. The lowest BCUT2D eigenvalue weighted by atomic mass is 10.0. The molecule has 0 spiro atoms. The molecule has 6 nitrogen and oxygen atoms in total. The summed E-state index contributed by atoms with van der Waals surface area (Å²) in [5.74, 6) is -5.55. The normalized spacial score (nSPS) is 17.8. The molecule has 0 radical (unpaired) electrons. The average Bonchev–Trinajstić information content (AvgIpc) is 3.71. The fourth-order valence-corrected chi connectivity index (χ4v) is 5.01. The molecular weight excluding hydrogens is 519 g/mol. The van der Waals surface area contributed by atoms with Crippen LogP contribution in [0.1, 0.15) is 111 Å². The Morgan fingerprint density at radius 2 is 1.62 bits per heavy atom. The van der Waals surface area contributed by atoms with Crippen molar-refractivity contribution in [3.05, 3.63) is 64.7 Å². The van der Waals surface area contributed by atoms with Crippen molar-refractivity contribution >= 4 is 11.9 Å². The maximum Gasteiger partial charge on any atom is 0.326 e. The van der Waals surface area contributed by atoms with Gasteiger partial charge in [-0.05, 0) is 61.1 Å². The first-order chi connectivity index (χ1) is 19.1. The van der Waals surface area contributed by atoms with Gasteiger partial charge in [0.25, 0.3) is 11.8 Å². The number of unbranched alkanes of at least 4 members (excludes halogenated alkanes) is 7. The van der Waals surface area contributed by atoms with Crippen molar-refractivity contribution in [2.24, 2.45) is 5.73 Å². The highest BCUT2D eigenvalue weighted by Crippen LogP contribution is 2.42. The lowest BCUT2D eigenvalue weighted by Gasteiger charge is -2.21. The van der Waals surface area contributed by atoms with E-state index in [0.29, 0.717) is 22.9 Å². The maximum atomic E-state index is 13.8. The predicted molar refractivity (Wildman–Crippen MR) is 149 cm³/mol. The Morgan fingerprint density at radius 3 is 2.20 bits per heavy atom. The van der Waals surface area contributed by atoms with E-state index in [1.54, 1.807) is 18.2 Å². The van der Waals surface area contributed by atoms with Crippen LogP contribution in [0.15, 0.2) is 36.4 Å². The Balaban J connectivity index is 0.000000342. The second-order valence-corrected chi connectivity index (χ2v) is 10.9. The summed E-state index contributed by atoms with van der Waals surface area (Å²) < 4.78 is 40.7. The summed E-state index contributed by atoms with van der Waals surface area (Å²) in [6.45, 7) is 2.19. The van der Waals surface area contributed by atoms with E-state index in [9.17, 15) is 27.9 Å². The summed E-state index contributed by atoms with van der Waals surface area (Å²) in [6.07, 6.45) is 12.5. The van der Waals surface area contributed by atoms with Crippen molar-refractivity contribution < 1.29 is 27.9 Å². The van der Waals surface area contributed by atoms with Crippen molar-refractivity contribution in [2.45, 2.75) is 102 Å². The van der Waals surface area contributed by atoms with E-state index in [1.807, 2.05) is 0 Å².